The van der Waals surface area contributed by atoms with Crippen molar-refractivity contribution in [2.45, 2.75) is 32.1 Å². The van der Waals surface area contributed by atoms with E-state index in [4.69, 9.17) is 0 Å². The van der Waals surface area contributed by atoms with E-state index in [1.54, 1.807) is 0 Å². The van der Waals surface area contributed by atoms with Crippen LogP contribution in [0.4, 0.5) is 5.69 Å². The third-order valence-electron chi connectivity index (χ3n) is 3.36. The lowest BCUT2D eigenvalue weighted by atomic mass is 9.93. The molecule has 1 heterocycles. The highest BCUT2D eigenvalue weighted by Crippen LogP contribution is 2.33. The minimum Gasteiger partial charge on any atom is -0.384 e. The number of benzene rings is 1. The number of ketones is 1. The van der Waals surface area contributed by atoms with Crippen LogP contribution in [0.15, 0.2) is 36.4 Å². The van der Waals surface area contributed by atoms with Gasteiger partial charge in [-0.2, -0.15) is 0 Å². The molecule has 0 radical (unpaired) electrons. The van der Waals surface area contributed by atoms with E-state index >= 15 is 0 Å². The van der Waals surface area contributed by atoms with Crippen LogP contribution in [0.5, 0.6) is 0 Å². The van der Waals surface area contributed by atoms with Gasteiger partial charge in [-0.15, -0.1) is 0 Å². The molecule has 1 aliphatic rings. The molecule has 2 nitrogen and oxygen atoms in total. The number of anilines is 1. The molecule has 0 amide bonds. The molecule has 0 bridgehead atoms. The van der Waals surface area contributed by atoms with Crippen LogP contribution in [-0.2, 0) is 4.79 Å². The Morgan fingerprint density at radius 1 is 1.47 bits per heavy atom. The predicted octanol–water partition coefficient (Wildman–Crippen LogP) is 3.51. The van der Waals surface area contributed by atoms with E-state index in [9.17, 15) is 4.79 Å². The van der Waals surface area contributed by atoms with Crippen molar-refractivity contribution in [3.8, 4) is 0 Å². The summed E-state index contributed by atoms with van der Waals surface area (Å²) in [7, 11) is 0. The molecule has 0 saturated carbocycles. The topological polar surface area (TPSA) is 29.1 Å². The number of rotatable bonds is 5. The largest absolute Gasteiger partial charge is 0.384 e. The van der Waals surface area contributed by atoms with Crippen molar-refractivity contribution in [1.82, 2.24) is 0 Å². The summed E-state index contributed by atoms with van der Waals surface area (Å²) in [6, 6.07) is 8.25. The Morgan fingerprint density at radius 3 is 3.00 bits per heavy atom. The van der Waals surface area contributed by atoms with Crippen LogP contribution < -0.4 is 5.32 Å². The molecule has 2 rings (SSSR count). The normalized spacial score (nSPS) is 17.4. The van der Waals surface area contributed by atoms with Gasteiger partial charge >= 0.3 is 0 Å². The summed E-state index contributed by atoms with van der Waals surface area (Å²) in [5, 5.41) is 3.35. The number of carbonyl (C=O) groups is 1. The number of carbonyl (C=O) groups excluding carboxylic acids is 1. The van der Waals surface area contributed by atoms with Gasteiger partial charge in [-0.05, 0) is 18.1 Å². The van der Waals surface area contributed by atoms with Crippen LogP contribution in [0.3, 0.4) is 0 Å². The summed E-state index contributed by atoms with van der Waals surface area (Å²) in [4.78, 5) is 11.9. The number of allylic oxidation sites excluding steroid dienone is 1. The van der Waals surface area contributed by atoms with E-state index in [2.05, 4.69) is 24.0 Å². The molecule has 1 aromatic rings. The van der Waals surface area contributed by atoms with Crippen molar-refractivity contribution < 1.29 is 4.79 Å². The highest BCUT2D eigenvalue weighted by Gasteiger charge is 2.23. The smallest absolute Gasteiger partial charge is 0.137 e. The van der Waals surface area contributed by atoms with Crippen molar-refractivity contribution in [3.05, 3.63) is 42.0 Å². The minimum atomic E-state index is 0.306. The predicted molar refractivity (Wildman–Crippen MR) is 71.3 cm³/mol. The average molecular weight is 229 g/mol. The van der Waals surface area contributed by atoms with Crippen molar-refractivity contribution in [2.24, 2.45) is 0 Å². The number of hydrogen-bond acceptors (Lipinski definition) is 2. The van der Waals surface area contributed by atoms with Gasteiger partial charge in [-0.3, -0.25) is 4.79 Å². The Kier molecular flexibility index (Phi) is 3.62. The maximum absolute atomic E-state index is 11.9. The van der Waals surface area contributed by atoms with E-state index in [0.29, 0.717) is 24.5 Å². The molecule has 1 atom stereocenters. The lowest BCUT2D eigenvalue weighted by Crippen LogP contribution is -2.09. The van der Waals surface area contributed by atoms with Crippen molar-refractivity contribution in [1.29, 1.82) is 0 Å². The molecule has 90 valence electrons. The Bertz CT molecular complexity index is 436. The van der Waals surface area contributed by atoms with Crippen molar-refractivity contribution in [2.75, 3.05) is 11.9 Å². The first kappa shape index (κ1) is 11.9. The molecule has 0 saturated heterocycles. The maximum atomic E-state index is 11.9. The van der Waals surface area contributed by atoms with Gasteiger partial charge in [0.25, 0.3) is 0 Å². The van der Waals surface area contributed by atoms with Crippen LogP contribution in [0.1, 0.15) is 37.7 Å². The Balaban J connectivity index is 1.98. The van der Waals surface area contributed by atoms with Crippen molar-refractivity contribution in [3.63, 3.8) is 0 Å². The minimum absolute atomic E-state index is 0.306. The lowest BCUT2D eigenvalue weighted by molar-refractivity contribution is -0.118. The zero-order valence-electron chi connectivity index (χ0n) is 10.3. The molecule has 0 fully saturated rings. The Labute approximate surface area is 103 Å². The summed E-state index contributed by atoms with van der Waals surface area (Å²) in [6.45, 7) is 6.82. The van der Waals surface area contributed by atoms with Gasteiger partial charge in [0.1, 0.15) is 5.78 Å². The van der Waals surface area contributed by atoms with Gasteiger partial charge in [0.05, 0.1) is 0 Å². The van der Waals surface area contributed by atoms with E-state index in [0.717, 1.165) is 18.5 Å². The summed E-state index contributed by atoms with van der Waals surface area (Å²) < 4.78 is 0. The highest BCUT2D eigenvalue weighted by atomic mass is 16.1. The van der Waals surface area contributed by atoms with Gasteiger partial charge in [0.15, 0.2) is 0 Å². The van der Waals surface area contributed by atoms with Crippen LogP contribution in [0, 0.1) is 0 Å². The molecule has 17 heavy (non-hydrogen) atoms. The Hall–Kier alpha value is -1.57. The fraction of sp³-hybridized carbons (Fsp3) is 0.400. The summed E-state index contributed by atoms with van der Waals surface area (Å²) >= 11 is 0. The fourth-order valence-electron chi connectivity index (χ4n) is 2.29. The SMILES string of the molecule is C=C(CC)CC(=O)CC1CNc2ccccc21. The number of nitrogens with one attached hydrogen (secondary N) is 1. The monoisotopic (exact) mass is 229 g/mol. The molecule has 1 aromatic carbocycles. The molecule has 1 unspecified atom stereocenters. The third-order valence-corrected chi connectivity index (χ3v) is 3.36. The number of fused-ring (bicyclic) bond motifs is 1. The zero-order valence-corrected chi connectivity index (χ0v) is 10.3. The second-order valence-corrected chi connectivity index (χ2v) is 4.69. The average Bonchev–Trinajstić information content (AvgIpc) is 2.72. The van der Waals surface area contributed by atoms with E-state index < -0.39 is 0 Å². The summed E-state index contributed by atoms with van der Waals surface area (Å²) in [5.74, 6) is 0.642. The van der Waals surface area contributed by atoms with Gasteiger partial charge in [0, 0.05) is 31.0 Å². The lowest BCUT2D eigenvalue weighted by Gasteiger charge is -2.09. The molecule has 1 aliphatic heterocycles. The van der Waals surface area contributed by atoms with Gasteiger partial charge in [-0.1, -0.05) is 37.3 Å². The van der Waals surface area contributed by atoms with Gasteiger partial charge in [0.2, 0.25) is 0 Å². The van der Waals surface area contributed by atoms with Crippen LogP contribution in [0.25, 0.3) is 0 Å². The highest BCUT2D eigenvalue weighted by molar-refractivity contribution is 5.82. The van der Waals surface area contributed by atoms with Gasteiger partial charge < -0.3 is 5.32 Å². The first-order valence-electron chi connectivity index (χ1n) is 6.22. The molecule has 2 heteroatoms. The molecular weight excluding hydrogens is 210 g/mol. The first-order chi connectivity index (χ1) is 8.20. The first-order valence-corrected chi connectivity index (χ1v) is 6.22. The molecule has 1 N–H and O–H groups in total. The quantitative estimate of drug-likeness (QED) is 0.783. The molecule has 0 aromatic heterocycles. The van der Waals surface area contributed by atoms with E-state index in [1.165, 1.54) is 11.3 Å². The molecule has 0 spiro atoms. The fourth-order valence-corrected chi connectivity index (χ4v) is 2.29. The second kappa shape index (κ2) is 5.17. The van der Waals surface area contributed by atoms with Crippen LogP contribution >= 0.6 is 0 Å². The number of para-hydroxylation sites is 1. The third kappa shape index (κ3) is 2.76. The molecular formula is C15H19NO. The van der Waals surface area contributed by atoms with Crippen molar-refractivity contribution >= 4 is 11.5 Å². The van der Waals surface area contributed by atoms with Gasteiger partial charge in [-0.25, -0.2) is 0 Å². The zero-order chi connectivity index (χ0) is 12.3. The second-order valence-electron chi connectivity index (χ2n) is 4.69. The van der Waals surface area contributed by atoms with Crippen LogP contribution in [0.2, 0.25) is 0 Å². The molecule has 0 aliphatic carbocycles. The van der Waals surface area contributed by atoms with E-state index in [-0.39, 0.29) is 0 Å². The Morgan fingerprint density at radius 2 is 2.24 bits per heavy atom. The number of hydrogen-bond donors (Lipinski definition) is 1. The maximum Gasteiger partial charge on any atom is 0.137 e. The van der Waals surface area contributed by atoms with Crippen LogP contribution in [-0.4, -0.2) is 12.3 Å². The number of Topliss-reactive ketones (excluding diaryl/α,β-unsaturated/α-hetero) is 1. The summed E-state index contributed by atoms with van der Waals surface area (Å²) in [6.07, 6.45) is 2.06. The standard InChI is InChI=1S/C15H19NO/c1-3-11(2)8-13(17)9-12-10-16-15-7-5-4-6-14(12)15/h4-7,12,16H,2-3,8-10H2,1H3. The van der Waals surface area contributed by atoms with E-state index in [1.807, 2.05) is 19.1 Å². The summed E-state index contributed by atoms with van der Waals surface area (Å²) in [5.41, 5.74) is 3.50.